The van der Waals surface area contributed by atoms with Gasteiger partial charge in [0.2, 0.25) is 0 Å². The summed E-state index contributed by atoms with van der Waals surface area (Å²) in [5, 5.41) is 5.19. The van der Waals surface area contributed by atoms with Crippen molar-refractivity contribution in [3.05, 3.63) is 57.8 Å². The maximum Gasteiger partial charge on any atom is 0.126 e. The molecule has 0 saturated heterocycles. The van der Waals surface area contributed by atoms with Crippen molar-refractivity contribution in [1.29, 1.82) is 0 Å². The van der Waals surface area contributed by atoms with Crippen molar-refractivity contribution in [1.82, 2.24) is 10.2 Å². The van der Waals surface area contributed by atoms with E-state index in [0.29, 0.717) is 5.56 Å². The van der Waals surface area contributed by atoms with E-state index >= 15 is 0 Å². The molecule has 114 valence electrons. The van der Waals surface area contributed by atoms with Crippen LogP contribution in [0.2, 0.25) is 0 Å². The normalized spacial score (nSPS) is 12.8. The van der Waals surface area contributed by atoms with E-state index in [0.717, 1.165) is 25.6 Å². The number of nitrogens with one attached hydrogen (secondary N) is 1. The lowest BCUT2D eigenvalue weighted by molar-refractivity contribution is 0.306. The van der Waals surface area contributed by atoms with E-state index in [-0.39, 0.29) is 6.04 Å². The predicted octanol–water partition coefficient (Wildman–Crippen LogP) is 3.81. The van der Waals surface area contributed by atoms with E-state index in [4.69, 9.17) is 0 Å². The number of halogens is 2. The predicted molar refractivity (Wildman–Crippen MR) is 83.4 cm³/mol. The fraction of sp³-hybridized carbons (Fsp3) is 0.375. The monoisotopic (exact) mass is 310 g/mol. The quantitative estimate of drug-likeness (QED) is 0.836. The molecule has 2 rings (SSSR count). The number of rotatable bonds is 7. The lowest BCUT2D eigenvalue weighted by Gasteiger charge is -2.21. The van der Waals surface area contributed by atoms with Gasteiger partial charge in [0.15, 0.2) is 0 Å². The Morgan fingerprint density at radius 2 is 1.95 bits per heavy atom. The van der Waals surface area contributed by atoms with Crippen LogP contribution in [0.5, 0.6) is 0 Å². The third kappa shape index (κ3) is 4.88. The van der Waals surface area contributed by atoms with Gasteiger partial charge in [-0.3, -0.25) is 0 Å². The Bertz CT molecular complexity index is 537. The number of hydrogen-bond donors (Lipinski definition) is 1. The Balaban J connectivity index is 1.92. The Morgan fingerprint density at radius 3 is 2.52 bits per heavy atom. The van der Waals surface area contributed by atoms with Crippen molar-refractivity contribution < 1.29 is 8.78 Å². The van der Waals surface area contributed by atoms with Crippen LogP contribution in [0.4, 0.5) is 8.78 Å². The maximum atomic E-state index is 13.3. The minimum absolute atomic E-state index is 0.0546. The Kier molecular flexibility index (Phi) is 5.85. The van der Waals surface area contributed by atoms with Crippen molar-refractivity contribution in [3.8, 4) is 0 Å². The first-order valence-corrected chi connectivity index (χ1v) is 7.80. The van der Waals surface area contributed by atoms with Crippen LogP contribution in [0.3, 0.4) is 0 Å². The van der Waals surface area contributed by atoms with E-state index < -0.39 is 11.6 Å². The van der Waals surface area contributed by atoms with Crippen LogP contribution in [0.25, 0.3) is 0 Å². The van der Waals surface area contributed by atoms with Gasteiger partial charge in [-0.2, -0.15) is 0 Å². The summed E-state index contributed by atoms with van der Waals surface area (Å²) in [6, 6.07) is 7.78. The van der Waals surface area contributed by atoms with Gasteiger partial charge >= 0.3 is 0 Å². The molecule has 0 radical (unpaired) electrons. The summed E-state index contributed by atoms with van der Waals surface area (Å²) in [7, 11) is 3.87. The van der Waals surface area contributed by atoms with Crippen molar-refractivity contribution in [2.45, 2.75) is 19.0 Å². The third-order valence-electron chi connectivity index (χ3n) is 3.44. The summed E-state index contributed by atoms with van der Waals surface area (Å²) >= 11 is 1.74. The fourth-order valence-electron chi connectivity index (χ4n) is 2.35. The number of hydrogen-bond acceptors (Lipinski definition) is 3. The number of nitrogens with zero attached hydrogens (tertiary/aromatic N) is 1. The van der Waals surface area contributed by atoms with E-state index in [1.165, 1.54) is 17.0 Å². The second-order valence-corrected chi connectivity index (χ2v) is 6.18. The zero-order chi connectivity index (χ0) is 15.2. The van der Waals surface area contributed by atoms with Crippen molar-refractivity contribution >= 4 is 11.3 Å². The first-order valence-electron chi connectivity index (χ1n) is 6.92. The van der Waals surface area contributed by atoms with Gasteiger partial charge in [0, 0.05) is 30.1 Å². The van der Waals surface area contributed by atoms with Gasteiger partial charge in [0.05, 0.1) is 0 Å². The number of thiophene rings is 1. The van der Waals surface area contributed by atoms with Gasteiger partial charge in [0.25, 0.3) is 0 Å². The highest BCUT2D eigenvalue weighted by Crippen LogP contribution is 2.20. The van der Waals surface area contributed by atoms with Gasteiger partial charge in [-0.1, -0.05) is 6.07 Å². The molecular weight excluding hydrogens is 290 g/mol. The van der Waals surface area contributed by atoms with E-state index in [1.807, 2.05) is 13.1 Å². The molecule has 1 heterocycles. The van der Waals surface area contributed by atoms with Crippen molar-refractivity contribution in [3.63, 3.8) is 0 Å². The Hall–Kier alpha value is -1.30. The SMILES string of the molecule is CNC(CCN(C)Cc1cccs1)c1cc(F)cc(F)c1. The standard InChI is InChI=1S/C16H20F2N2S/c1-19-16(12-8-13(17)10-14(18)9-12)5-6-20(2)11-15-4-3-7-21-15/h3-4,7-10,16,19H,5-6,11H2,1-2H3. The van der Waals surface area contributed by atoms with Crippen LogP contribution in [0.15, 0.2) is 35.7 Å². The summed E-state index contributed by atoms with van der Waals surface area (Å²) in [6.45, 7) is 1.74. The summed E-state index contributed by atoms with van der Waals surface area (Å²) in [5.74, 6) is -1.06. The third-order valence-corrected chi connectivity index (χ3v) is 4.30. The summed E-state index contributed by atoms with van der Waals surface area (Å²) < 4.78 is 26.6. The molecule has 2 nitrogen and oxygen atoms in total. The van der Waals surface area contributed by atoms with E-state index in [9.17, 15) is 8.78 Å². The summed E-state index contributed by atoms with van der Waals surface area (Å²) in [5.41, 5.74) is 0.652. The number of benzene rings is 1. The second-order valence-electron chi connectivity index (χ2n) is 5.15. The van der Waals surface area contributed by atoms with Gasteiger partial charge in [-0.05, 0) is 49.7 Å². The highest BCUT2D eigenvalue weighted by Gasteiger charge is 2.13. The molecule has 1 N–H and O–H groups in total. The maximum absolute atomic E-state index is 13.3. The Morgan fingerprint density at radius 1 is 1.24 bits per heavy atom. The van der Waals surface area contributed by atoms with Crippen LogP contribution in [0.1, 0.15) is 22.9 Å². The lowest BCUT2D eigenvalue weighted by atomic mass is 10.0. The first kappa shape index (κ1) is 16.1. The largest absolute Gasteiger partial charge is 0.313 e. The summed E-state index contributed by atoms with van der Waals surface area (Å²) in [4.78, 5) is 3.53. The van der Waals surface area contributed by atoms with Crippen LogP contribution in [0, 0.1) is 11.6 Å². The molecule has 0 aliphatic rings. The molecule has 1 aromatic heterocycles. The molecule has 0 bridgehead atoms. The molecule has 0 spiro atoms. The molecular formula is C16H20F2N2S. The topological polar surface area (TPSA) is 15.3 Å². The molecule has 1 aromatic carbocycles. The van der Waals surface area contributed by atoms with Crippen LogP contribution in [-0.4, -0.2) is 25.5 Å². The molecule has 1 unspecified atom stereocenters. The fourth-order valence-corrected chi connectivity index (χ4v) is 3.14. The van der Waals surface area contributed by atoms with Gasteiger partial charge < -0.3 is 10.2 Å². The zero-order valence-electron chi connectivity index (χ0n) is 12.3. The first-order chi connectivity index (χ1) is 10.1. The molecule has 1 atom stereocenters. The molecule has 21 heavy (non-hydrogen) atoms. The molecule has 0 amide bonds. The molecule has 2 aromatic rings. The molecule has 5 heteroatoms. The smallest absolute Gasteiger partial charge is 0.126 e. The average Bonchev–Trinajstić information content (AvgIpc) is 2.91. The molecule has 0 aliphatic heterocycles. The highest BCUT2D eigenvalue weighted by molar-refractivity contribution is 7.09. The Labute approximate surface area is 128 Å². The van der Waals surface area contributed by atoms with Gasteiger partial charge in [0.1, 0.15) is 11.6 Å². The minimum atomic E-state index is -0.530. The van der Waals surface area contributed by atoms with Crippen molar-refractivity contribution in [2.24, 2.45) is 0 Å². The molecule has 0 aliphatic carbocycles. The highest BCUT2D eigenvalue weighted by atomic mass is 32.1. The lowest BCUT2D eigenvalue weighted by Crippen LogP contribution is -2.25. The average molecular weight is 310 g/mol. The molecule has 0 fully saturated rings. The van der Waals surface area contributed by atoms with Crippen LogP contribution >= 0.6 is 11.3 Å². The summed E-state index contributed by atoms with van der Waals surface area (Å²) in [6.07, 6.45) is 0.793. The minimum Gasteiger partial charge on any atom is -0.313 e. The molecule has 0 saturated carbocycles. The van der Waals surface area contributed by atoms with Crippen molar-refractivity contribution in [2.75, 3.05) is 20.6 Å². The second kappa shape index (κ2) is 7.64. The zero-order valence-corrected chi connectivity index (χ0v) is 13.1. The van der Waals surface area contributed by atoms with Gasteiger partial charge in [-0.25, -0.2) is 8.78 Å². The van der Waals surface area contributed by atoms with E-state index in [2.05, 4.69) is 28.7 Å². The van der Waals surface area contributed by atoms with Gasteiger partial charge in [-0.15, -0.1) is 11.3 Å². The van der Waals surface area contributed by atoms with Crippen LogP contribution in [-0.2, 0) is 6.54 Å². The van der Waals surface area contributed by atoms with E-state index in [1.54, 1.807) is 11.3 Å². The van der Waals surface area contributed by atoms with Crippen LogP contribution < -0.4 is 5.32 Å².